The molecule has 152 valence electrons. The molecule has 0 saturated heterocycles. The van der Waals surface area contributed by atoms with Gasteiger partial charge in [-0.15, -0.1) is 0 Å². The number of amides is 1. The summed E-state index contributed by atoms with van der Waals surface area (Å²) in [5, 5.41) is 0. The van der Waals surface area contributed by atoms with Crippen molar-refractivity contribution >= 4 is 33.1 Å². The fraction of sp³-hybridized carbons (Fsp3) is 0.364. The number of fused-ring (bicyclic) bond motifs is 1. The van der Waals surface area contributed by atoms with E-state index in [0.29, 0.717) is 17.8 Å². The van der Waals surface area contributed by atoms with Crippen LogP contribution in [0, 0.1) is 5.92 Å². The number of hydrogen-bond donors (Lipinski definition) is 1. The van der Waals surface area contributed by atoms with Crippen LogP contribution in [0.2, 0.25) is 0 Å². The third-order valence-corrected chi connectivity index (χ3v) is 6.94. The summed E-state index contributed by atoms with van der Waals surface area (Å²) < 4.78 is 28.5. The number of anilines is 2. The summed E-state index contributed by atoms with van der Waals surface area (Å²) in [4.78, 5) is 26.1. The average molecular weight is 413 g/mol. The van der Waals surface area contributed by atoms with Gasteiger partial charge >= 0.3 is 0 Å². The first-order valence-corrected chi connectivity index (χ1v) is 11.2. The molecule has 1 aliphatic carbocycles. The van der Waals surface area contributed by atoms with E-state index < -0.39 is 10.0 Å². The maximum Gasteiger partial charge on any atom is 0.261 e. The molecule has 4 rings (SSSR count). The van der Waals surface area contributed by atoms with Gasteiger partial charge in [0.05, 0.1) is 4.90 Å². The molecule has 1 N–H and O–H groups in total. The van der Waals surface area contributed by atoms with Gasteiger partial charge in [0.2, 0.25) is 5.91 Å². The van der Waals surface area contributed by atoms with E-state index in [0.717, 1.165) is 24.1 Å². The van der Waals surface area contributed by atoms with Crippen molar-refractivity contribution in [3.8, 4) is 0 Å². The number of carbonyl (C=O) groups is 2. The van der Waals surface area contributed by atoms with Crippen LogP contribution in [0.25, 0.3) is 0 Å². The fourth-order valence-electron chi connectivity index (χ4n) is 3.79. The van der Waals surface area contributed by atoms with Crippen LogP contribution in [0.1, 0.15) is 49.5 Å². The molecule has 0 bridgehead atoms. The monoisotopic (exact) mass is 412 g/mol. The topological polar surface area (TPSA) is 83.6 Å². The zero-order valence-electron chi connectivity index (χ0n) is 16.7. The molecule has 0 radical (unpaired) electrons. The molecule has 1 fully saturated rings. The number of Topliss-reactive ketones (excluding diaryl/α,β-unsaturated/α-hetero) is 1. The summed E-state index contributed by atoms with van der Waals surface area (Å²) in [6.45, 7) is 6.03. The Morgan fingerprint density at radius 3 is 2.48 bits per heavy atom. The van der Waals surface area contributed by atoms with Crippen molar-refractivity contribution in [3.05, 3.63) is 53.6 Å². The molecule has 29 heavy (non-hydrogen) atoms. The summed E-state index contributed by atoms with van der Waals surface area (Å²) in [5.74, 6) is 0.104. The first-order valence-electron chi connectivity index (χ1n) is 9.68. The average Bonchev–Trinajstić information content (AvgIpc) is 3.46. The van der Waals surface area contributed by atoms with Crippen LogP contribution < -0.4 is 9.62 Å². The third kappa shape index (κ3) is 3.67. The lowest BCUT2D eigenvalue weighted by Gasteiger charge is -2.20. The highest BCUT2D eigenvalue weighted by Gasteiger charge is 2.43. The molecule has 1 aliphatic heterocycles. The van der Waals surface area contributed by atoms with Crippen molar-refractivity contribution in [2.45, 2.75) is 43.9 Å². The van der Waals surface area contributed by atoms with Gasteiger partial charge < -0.3 is 4.90 Å². The predicted octanol–water partition coefficient (Wildman–Crippen LogP) is 3.72. The quantitative estimate of drug-likeness (QED) is 0.759. The Hall–Kier alpha value is -2.67. The van der Waals surface area contributed by atoms with Crippen molar-refractivity contribution < 1.29 is 18.0 Å². The summed E-state index contributed by atoms with van der Waals surface area (Å²) >= 11 is 0. The molecule has 7 heteroatoms. The SMILES string of the molecule is CC(=O)c1cccc(NS(=O)(=O)c2ccc3c(c2)C(C)(C)CN3C(=O)C2CC2)c1. The van der Waals surface area contributed by atoms with Gasteiger partial charge in [-0.3, -0.25) is 14.3 Å². The number of rotatable bonds is 5. The van der Waals surface area contributed by atoms with Crippen molar-refractivity contribution in [2.24, 2.45) is 5.92 Å². The highest BCUT2D eigenvalue weighted by atomic mass is 32.2. The number of ketones is 1. The molecular formula is C22H24N2O4S. The Balaban J connectivity index is 1.66. The van der Waals surface area contributed by atoms with Crippen LogP contribution in [0.4, 0.5) is 11.4 Å². The Kier molecular flexibility index (Phi) is 4.53. The molecule has 0 aromatic heterocycles. The molecule has 1 heterocycles. The van der Waals surface area contributed by atoms with Gasteiger partial charge in [-0.1, -0.05) is 26.0 Å². The van der Waals surface area contributed by atoms with Crippen LogP contribution in [0.15, 0.2) is 47.4 Å². The van der Waals surface area contributed by atoms with E-state index in [4.69, 9.17) is 0 Å². The van der Waals surface area contributed by atoms with Crippen LogP contribution in [-0.4, -0.2) is 26.7 Å². The molecule has 2 aromatic carbocycles. The summed E-state index contributed by atoms with van der Waals surface area (Å²) in [6, 6.07) is 11.3. The van der Waals surface area contributed by atoms with E-state index in [-0.39, 0.29) is 27.9 Å². The highest BCUT2D eigenvalue weighted by Crippen LogP contribution is 2.44. The fourth-order valence-corrected chi connectivity index (χ4v) is 4.86. The zero-order valence-corrected chi connectivity index (χ0v) is 17.5. The molecular weight excluding hydrogens is 388 g/mol. The summed E-state index contributed by atoms with van der Waals surface area (Å²) in [6.07, 6.45) is 1.86. The lowest BCUT2D eigenvalue weighted by atomic mass is 9.87. The van der Waals surface area contributed by atoms with Crippen molar-refractivity contribution in [1.82, 2.24) is 0 Å². The van der Waals surface area contributed by atoms with Gasteiger partial charge in [0.25, 0.3) is 10.0 Å². The first kappa shape index (κ1) is 19.6. The van der Waals surface area contributed by atoms with E-state index in [9.17, 15) is 18.0 Å². The normalized spacial score (nSPS) is 17.7. The summed E-state index contributed by atoms with van der Waals surface area (Å²) in [7, 11) is -3.83. The number of nitrogens with zero attached hydrogens (tertiary/aromatic N) is 1. The van der Waals surface area contributed by atoms with E-state index in [2.05, 4.69) is 4.72 Å². The molecule has 1 saturated carbocycles. The molecule has 1 amide bonds. The summed E-state index contributed by atoms with van der Waals surface area (Å²) in [5.41, 5.74) is 2.09. The number of sulfonamides is 1. The third-order valence-electron chi connectivity index (χ3n) is 5.57. The minimum atomic E-state index is -3.83. The number of carbonyl (C=O) groups excluding carboxylic acids is 2. The van der Waals surface area contributed by atoms with Gasteiger partial charge in [0, 0.05) is 34.8 Å². The molecule has 6 nitrogen and oxygen atoms in total. The molecule has 2 aliphatic rings. The minimum Gasteiger partial charge on any atom is -0.311 e. The van der Waals surface area contributed by atoms with Gasteiger partial charge in [-0.05, 0) is 55.7 Å². The Labute approximate surface area is 171 Å². The van der Waals surface area contributed by atoms with E-state index >= 15 is 0 Å². The number of benzene rings is 2. The Morgan fingerprint density at radius 2 is 1.83 bits per heavy atom. The minimum absolute atomic E-state index is 0.107. The van der Waals surface area contributed by atoms with Crippen LogP contribution in [0.3, 0.4) is 0 Å². The standard InChI is InChI=1S/C22H24N2O4S/c1-14(25)16-5-4-6-17(11-16)23-29(27,28)18-9-10-20-19(12-18)22(2,3)13-24(20)21(26)15-7-8-15/h4-6,9-12,15,23H,7-8,13H2,1-3H3. The maximum atomic E-state index is 13.0. The van der Waals surface area contributed by atoms with E-state index in [1.165, 1.54) is 19.1 Å². The zero-order chi connectivity index (χ0) is 21.0. The van der Waals surface area contributed by atoms with Crippen molar-refractivity contribution in [2.75, 3.05) is 16.2 Å². The van der Waals surface area contributed by atoms with Gasteiger partial charge in [0.1, 0.15) is 0 Å². The molecule has 0 unspecified atom stereocenters. The van der Waals surface area contributed by atoms with Gasteiger partial charge in [0.15, 0.2) is 5.78 Å². The maximum absolute atomic E-state index is 13.0. The van der Waals surface area contributed by atoms with Crippen LogP contribution >= 0.6 is 0 Å². The van der Waals surface area contributed by atoms with E-state index in [1.807, 2.05) is 13.8 Å². The highest BCUT2D eigenvalue weighted by molar-refractivity contribution is 7.92. The van der Waals surface area contributed by atoms with Crippen LogP contribution in [0.5, 0.6) is 0 Å². The molecule has 0 atom stereocenters. The molecule has 0 spiro atoms. The smallest absolute Gasteiger partial charge is 0.261 e. The number of hydrogen-bond acceptors (Lipinski definition) is 4. The van der Waals surface area contributed by atoms with Gasteiger partial charge in [-0.2, -0.15) is 0 Å². The largest absolute Gasteiger partial charge is 0.311 e. The van der Waals surface area contributed by atoms with Crippen molar-refractivity contribution in [3.63, 3.8) is 0 Å². The molecule has 2 aromatic rings. The van der Waals surface area contributed by atoms with Crippen LogP contribution in [-0.2, 0) is 20.2 Å². The predicted molar refractivity (Wildman–Crippen MR) is 112 cm³/mol. The lowest BCUT2D eigenvalue weighted by Crippen LogP contribution is -2.34. The Bertz CT molecular complexity index is 1120. The second kappa shape index (κ2) is 6.69. The lowest BCUT2D eigenvalue weighted by molar-refractivity contribution is -0.119. The van der Waals surface area contributed by atoms with Gasteiger partial charge in [-0.25, -0.2) is 8.42 Å². The Morgan fingerprint density at radius 1 is 1.10 bits per heavy atom. The van der Waals surface area contributed by atoms with E-state index in [1.54, 1.807) is 35.2 Å². The second-order valence-corrected chi connectivity index (χ2v) is 10.2. The number of nitrogens with one attached hydrogen (secondary N) is 1. The first-order chi connectivity index (χ1) is 13.6. The second-order valence-electron chi connectivity index (χ2n) is 8.50. The van der Waals surface area contributed by atoms with Crippen molar-refractivity contribution in [1.29, 1.82) is 0 Å².